The first-order valence-corrected chi connectivity index (χ1v) is 10.5. The fraction of sp³-hybridized carbons (Fsp3) is 0.571. The van der Waals surface area contributed by atoms with Gasteiger partial charge in [0, 0.05) is 23.4 Å². The van der Waals surface area contributed by atoms with Crippen LogP contribution in [0.1, 0.15) is 50.5 Å². The van der Waals surface area contributed by atoms with E-state index in [-0.39, 0.29) is 0 Å². The Kier molecular flexibility index (Phi) is 6.33. The summed E-state index contributed by atoms with van der Waals surface area (Å²) in [7, 11) is 1.70. The molecular formula is C21H30N2O2S. The summed E-state index contributed by atoms with van der Waals surface area (Å²) in [6.45, 7) is 7.01. The zero-order valence-corrected chi connectivity index (χ0v) is 16.9. The van der Waals surface area contributed by atoms with Gasteiger partial charge < -0.3 is 14.7 Å². The molecule has 2 aromatic rings. The van der Waals surface area contributed by atoms with E-state index >= 15 is 0 Å². The Morgan fingerprint density at radius 1 is 1.23 bits per heavy atom. The maximum Gasteiger partial charge on any atom is 0.128 e. The first kappa shape index (κ1) is 19.3. The third-order valence-corrected chi connectivity index (χ3v) is 6.68. The highest BCUT2D eigenvalue weighted by atomic mass is 32.1. The second-order valence-electron chi connectivity index (χ2n) is 7.25. The van der Waals surface area contributed by atoms with Crippen molar-refractivity contribution < 1.29 is 9.84 Å². The summed E-state index contributed by atoms with van der Waals surface area (Å²) in [5.41, 5.74) is 1.53. The van der Waals surface area contributed by atoms with Crippen LogP contribution in [-0.2, 0) is 0 Å². The number of β-amino-alcohol motifs (C(OH)–C–C–N with tert-alkyl or cyclic N) is 1. The van der Waals surface area contributed by atoms with Gasteiger partial charge in [-0.2, -0.15) is 0 Å². The molecule has 0 spiro atoms. The molecule has 0 bridgehead atoms. The second kappa shape index (κ2) is 8.51. The van der Waals surface area contributed by atoms with E-state index in [1.165, 1.54) is 5.01 Å². The normalized spacial score (nSPS) is 16.8. The number of aliphatic hydroxyl groups is 1. The van der Waals surface area contributed by atoms with Crippen molar-refractivity contribution >= 4 is 11.3 Å². The summed E-state index contributed by atoms with van der Waals surface area (Å²) >= 11 is 1.76. The molecule has 2 heterocycles. The van der Waals surface area contributed by atoms with E-state index in [0.29, 0.717) is 5.92 Å². The van der Waals surface area contributed by atoms with Gasteiger partial charge in [-0.1, -0.05) is 26.0 Å². The molecule has 5 heteroatoms. The average molecular weight is 375 g/mol. The van der Waals surface area contributed by atoms with Gasteiger partial charge in [-0.3, -0.25) is 0 Å². The summed E-state index contributed by atoms with van der Waals surface area (Å²) in [4.78, 5) is 7.33. The number of hydrogen-bond donors (Lipinski definition) is 1. The summed E-state index contributed by atoms with van der Waals surface area (Å²) in [5.74, 6) is 1.40. The molecule has 0 amide bonds. The Morgan fingerprint density at radius 2 is 1.92 bits per heavy atom. The number of rotatable bonds is 7. The zero-order chi connectivity index (χ0) is 18.6. The number of benzene rings is 1. The Labute approximate surface area is 160 Å². The van der Waals surface area contributed by atoms with Crippen LogP contribution in [0.4, 0.5) is 0 Å². The molecule has 0 aliphatic carbocycles. The van der Waals surface area contributed by atoms with Crippen molar-refractivity contribution in [1.29, 1.82) is 0 Å². The lowest BCUT2D eigenvalue weighted by Gasteiger charge is -2.37. The summed E-state index contributed by atoms with van der Waals surface area (Å²) in [6, 6.07) is 8.06. The molecule has 0 unspecified atom stereocenters. The minimum absolute atomic E-state index is 0.524. The minimum atomic E-state index is -0.537. The van der Waals surface area contributed by atoms with Crippen LogP contribution in [0.5, 0.6) is 5.75 Å². The maximum absolute atomic E-state index is 10.6. The molecule has 1 aromatic heterocycles. The fourth-order valence-electron chi connectivity index (χ4n) is 3.68. The van der Waals surface area contributed by atoms with Crippen LogP contribution >= 0.6 is 11.3 Å². The number of ether oxygens (including phenoxy) is 1. The first-order valence-electron chi connectivity index (χ1n) is 9.62. The highest BCUT2D eigenvalue weighted by Gasteiger charge is 2.29. The van der Waals surface area contributed by atoms with Crippen molar-refractivity contribution in [1.82, 2.24) is 9.88 Å². The number of thiazole rings is 1. The Balaban J connectivity index is 1.63. The molecule has 1 aliphatic rings. The van der Waals surface area contributed by atoms with E-state index in [0.717, 1.165) is 62.3 Å². The van der Waals surface area contributed by atoms with Crippen LogP contribution in [0.25, 0.3) is 11.3 Å². The minimum Gasteiger partial charge on any atom is -0.496 e. The monoisotopic (exact) mass is 374 g/mol. The van der Waals surface area contributed by atoms with Crippen molar-refractivity contribution in [2.24, 2.45) is 0 Å². The molecule has 0 atom stereocenters. The lowest BCUT2D eigenvalue weighted by Crippen LogP contribution is -2.45. The zero-order valence-electron chi connectivity index (χ0n) is 16.1. The fourth-order valence-corrected chi connectivity index (χ4v) is 4.67. The molecule has 26 heavy (non-hydrogen) atoms. The number of likely N-dealkylation sites (tertiary alicyclic amines) is 1. The lowest BCUT2D eigenvalue weighted by atomic mass is 9.93. The van der Waals surface area contributed by atoms with Crippen LogP contribution in [-0.4, -0.2) is 47.3 Å². The van der Waals surface area contributed by atoms with Crippen LogP contribution in [0, 0.1) is 0 Å². The average Bonchev–Trinajstić information content (AvgIpc) is 3.18. The molecule has 1 aromatic carbocycles. The standard InChI is InChI=1S/C21H30N2O2S/c1-4-21(24,5-2)15-23-12-10-16(11-13-23)20-22-18(14-26-20)17-8-6-7-9-19(17)25-3/h6-9,14,16,24H,4-5,10-13,15H2,1-3H3. The van der Waals surface area contributed by atoms with Gasteiger partial charge >= 0.3 is 0 Å². The van der Waals surface area contributed by atoms with Gasteiger partial charge in [0.2, 0.25) is 0 Å². The van der Waals surface area contributed by atoms with Gasteiger partial charge in [-0.15, -0.1) is 11.3 Å². The van der Waals surface area contributed by atoms with Crippen LogP contribution < -0.4 is 4.74 Å². The second-order valence-corrected chi connectivity index (χ2v) is 8.14. The summed E-state index contributed by atoms with van der Waals surface area (Å²) < 4.78 is 5.47. The van der Waals surface area contributed by atoms with E-state index in [2.05, 4.69) is 30.2 Å². The maximum atomic E-state index is 10.6. The summed E-state index contributed by atoms with van der Waals surface area (Å²) in [6.07, 6.45) is 3.86. The summed E-state index contributed by atoms with van der Waals surface area (Å²) in [5, 5.41) is 14.0. The van der Waals surface area contributed by atoms with Crippen molar-refractivity contribution in [3.05, 3.63) is 34.7 Å². The Hall–Kier alpha value is -1.43. The van der Waals surface area contributed by atoms with Crippen LogP contribution in [0.2, 0.25) is 0 Å². The molecule has 1 fully saturated rings. The molecule has 1 aliphatic heterocycles. The van der Waals surface area contributed by atoms with Crippen molar-refractivity contribution in [2.45, 2.75) is 51.0 Å². The number of hydrogen-bond acceptors (Lipinski definition) is 5. The quantitative estimate of drug-likeness (QED) is 0.772. The van der Waals surface area contributed by atoms with Crippen LogP contribution in [0.15, 0.2) is 29.6 Å². The van der Waals surface area contributed by atoms with Gasteiger partial charge in [-0.05, 0) is 50.9 Å². The lowest BCUT2D eigenvalue weighted by molar-refractivity contribution is -0.00905. The molecule has 1 N–H and O–H groups in total. The molecule has 0 saturated carbocycles. The predicted molar refractivity (Wildman–Crippen MR) is 108 cm³/mol. The van der Waals surface area contributed by atoms with Crippen LogP contribution in [0.3, 0.4) is 0 Å². The molecular weight excluding hydrogens is 344 g/mol. The van der Waals surface area contributed by atoms with Gasteiger partial charge in [0.05, 0.1) is 23.4 Å². The third-order valence-electron chi connectivity index (χ3n) is 5.68. The van der Waals surface area contributed by atoms with Gasteiger partial charge in [0.25, 0.3) is 0 Å². The Morgan fingerprint density at radius 3 is 2.58 bits per heavy atom. The highest BCUT2D eigenvalue weighted by molar-refractivity contribution is 7.10. The molecule has 1 saturated heterocycles. The van der Waals surface area contributed by atoms with E-state index in [4.69, 9.17) is 9.72 Å². The highest BCUT2D eigenvalue weighted by Crippen LogP contribution is 2.36. The number of methoxy groups -OCH3 is 1. The van der Waals surface area contributed by atoms with E-state index in [1.807, 2.05) is 18.2 Å². The number of nitrogens with zero attached hydrogens (tertiary/aromatic N) is 2. The largest absolute Gasteiger partial charge is 0.496 e. The third kappa shape index (κ3) is 4.27. The molecule has 0 radical (unpaired) electrons. The van der Waals surface area contributed by atoms with E-state index in [9.17, 15) is 5.11 Å². The molecule has 3 rings (SSSR count). The molecule has 142 valence electrons. The first-order chi connectivity index (χ1) is 12.6. The van der Waals surface area contributed by atoms with Gasteiger partial charge in [0.1, 0.15) is 5.75 Å². The molecule has 4 nitrogen and oxygen atoms in total. The van der Waals surface area contributed by atoms with Gasteiger partial charge in [-0.25, -0.2) is 4.98 Å². The van der Waals surface area contributed by atoms with Crippen molar-refractivity contribution in [3.63, 3.8) is 0 Å². The number of piperidine rings is 1. The number of aromatic nitrogens is 1. The topological polar surface area (TPSA) is 45.6 Å². The van der Waals surface area contributed by atoms with E-state index in [1.54, 1.807) is 18.4 Å². The van der Waals surface area contributed by atoms with Gasteiger partial charge in [0.15, 0.2) is 0 Å². The van der Waals surface area contributed by atoms with Crippen molar-refractivity contribution in [3.8, 4) is 17.0 Å². The predicted octanol–water partition coefficient (Wildman–Crippen LogP) is 4.55. The van der Waals surface area contributed by atoms with E-state index < -0.39 is 5.60 Å². The van der Waals surface area contributed by atoms with Crippen molar-refractivity contribution in [2.75, 3.05) is 26.7 Å². The SMILES string of the molecule is CCC(O)(CC)CN1CCC(c2nc(-c3ccccc3OC)cs2)CC1. The number of para-hydroxylation sites is 1. The Bertz CT molecular complexity index is 704. The smallest absolute Gasteiger partial charge is 0.128 e.